The SMILES string of the molecule is CN1CC(CO)N(CC2CCCO2)C(C)(C)C1. The topological polar surface area (TPSA) is 35.9 Å². The van der Waals surface area contributed by atoms with E-state index in [1.807, 2.05) is 0 Å². The predicted molar refractivity (Wildman–Crippen MR) is 68.1 cm³/mol. The van der Waals surface area contributed by atoms with Crippen LogP contribution in [0.4, 0.5) is 0 Å². The van der Waals surface area contributed by atoms with Gasteiger partial charge in [-0.2, -0.15) is 0 Å². The van der Waals surface area contributed by atoms with Crippen molar-refractivity contribution >= 4 is 0 Å². The van der Waals surface area contributed by atoms with Gasteiger partial charge in [0.05, 0.1) is 12.7 Å². The van der Waals surface area contributed by atoms with E-state index in [0.29, 0.717) is 6.10 Å². The van der Waals surface area contributed by atoms with Crippen molar-refractivity contribution in [2.75, 3.05) is 39.9 Å². The Balaban J connectivity index is 2.03. The highest BCUT2D eigenvalue weighted by Crippen LogP contribution is 2.26. The van der Waals surface area contributed by atoms with Crippen molar-refractivity contribution in [1.82, 2.24) is 9.80 Å². The molecular weight excluding hydrogens is 216 g/mol. The molecule has 0 radical (unpaired) electrons. The van der Waals surface area contributed by atoms with E-state index < -0.39 is 0 Å². The highest BCUT2D eigenvalue weighted by molar-refractivity contribution is 4.95. The van der Waals surface area contributed by atoms with Crippen LogP contribution in [0.15, 0.2) is 0 Å². The minimum atomic E-state index is 0.117. The maximum Gasteiger partial charge on any atom is 0.0703 e. The lowest BCUT2D eigenvalue weighted by Gasteiger charge is -2.51. The Kier molecular flexibility index (Phi) is 4.08. The monoisotopic (exact) mass is 242 g/mol. The molecule has 0 bridgehead atoms. The van der Waals surface area contributed by atoms with Crippen LogP contribution in [0, 0.1) is 0 Å². The van der Waals surface area contributed by atoms with Crippen LogP contribution >= 0.6 is 0 Å². The lowest BCUT2D eigenvalue weighted by atomic mass is 9.94. The molecule has 2 atom stereocenters. The van der Waals surface area contributed by atoms with Crippen LogP contribution in [0.25, 0.3) is 0 Å². The lowest BCUT2D eigenvalue weighted by molar-refractivity contribution is -0.0608. The molecule has 2 aliphatic rings. The molecule has 2 aliphatic heterocycles. The van der Waals surface area contributed by atoms with Crippen LogP contribution in [0.2, 0.25) is 0 Å². The molecule has 0 saturated carbocycles. The quantitative estimate of drug-likeness (QED) is 0.784. The number of likely N-dealkylation sites (N-methyl/N-ethyl adjacent to an activating group) is 1. The summed E-state index contributed by atoms with van der Waals surface area (Å²) >= 11 is 0. The van der Waals surface area contributed by atoms with Gasteiger partial charge < -0.3 is 14.7 Å². The first kappa shape index (κ1) is 13.3. The van der Waals surface area contributed by atoms with E-state index in [0.717, 1.165) is 26.2 Å². The largest absolute Gasteiger partial charge is 0.395 e. The summed E-state index contributed by atoms with van der Waals surface area (Å²) in [5.74, 6) is 0. The van der Waals surface area contributed by atoms with E-state index in [1.54, 1.807) is 0 Å². The molecule has 17 heavy (non-hydrogen) atoms. The highest BCUT2D eigenvalue weighted by atomic mass is 16.5. The van der Waals surface area contributed by atoms with Gasteiger partial charge in [-0.1, -0.05) is 0 Å². The van der Waals surface area contributed by atoms with Crippen molar-refractivity contribution in [3.8, 4) is 0 Å². The van der Waals surface area contributed by atoms with E-state index in [1.165, 1.54) is 12.8 Å². The van der Waals surface area contributed by atoms with Crippen LogP contribution in [0.3, 0.4) is 0 Å². The summed E-state index contributed by atoms with van der Waals surface area (Å²) in [7, 11) is 2.13. The van der Waals surface area contributed by atoms with Crippen molar-refractivity contribution in [3.63, 3.8) is 0 Å². The van der Waals surface area contributed by atoms with Crippen LogP contribution < -0.4 is 0 Å². The van der Waals surface area contributed by atoms with E-state index >= 15 is 0 Å². The molecule has 0 aliphatic carbocycles. The van der Waals surface area contributed by atoms with E-state index in [9.17, 15) is 5.11 Å². The second kappa shape index (κ2) is 5.22. The van der Waals surface area contributed by atoms with Gasteiger partial charge in [0.2, 0.25) is 0 Å². The number of hydrogen-bond donors (Lipinski definition) is 1. The van der Waals surface area contributed by atoms with Gasteiger partial charge in [0.15, 0.2) is 0 Å². The molecule has 4 heteroatoms. The van der Waals surface area contributed by atoms with Gasteiger partial charge in [0.25, 0.3) is 0 Å². The molecule has 0 aromatic rings. The van der Waals surface area contributed by atoms with Gasteiger partial charge >= 0.3 is 0 Å². The Morgan fingerprint density at radius 3 is 2.76 bits per heavy atom. The zero-order valence-electron chi connectivity index (χ0n) is 11.4. The van der Waals surface area contributed by atoms with E-state index in [-0.39, 0.29) is 18.2 Å². The fraction of sp³-hybridized carbons (Fsp3) is 1.00. The van der Waals surface area contributed by atoms with Crippen molar-refractivity contribution in [2.45, 2.75) is 44.4 Å². The molecule has 4 nitrogen and oxygen atoms in total. The molecule has 2 rings (SSSR count). The molecular formula is C13H26N2O2. The fourth-order valence-electron chi connectivity index (χ4n) is 3.33. The molecule has 0 aromatic carbocycles. The number of piperazine rings is 1. The zero-order chi connectivity index (χ0) is 12.5. The minimum absolute atomic E-state index is 0.117. The second-order valence-electron chi connectivity index (χ2n) is 6.13. The molecule has 0 spiro atoms. The van der Waals surface area contributed by atoms with Gasteiger partial charge in [0.1, 0.15) is 0 Å². The average Bonchev–Trinajstić information content (AvgIpc) is 2.73. The summed E-state index contributed by atoms with van der Waals surface area (Å²) in [4.78, 5) is 4.76. The molecule has 2 unspecified atom stereocenters. The summed E-state index contributed by atoms with van der Waals surface area (Å²) < 4.78 is 5.73. The third-order valence-corrected chi connectivity index (χ3v) is 4.03. The first-order valence-corrected chi connectivity index (χ1v) is 6.70. The molecule has 2 fully saturated rings. The smallest absolute Gasteiger partial charge is 0.0703 e. The maximum atomic E-state index is 9.58. The molecule has 2 heterocycles. The first-order valence-electron chi connectivity index (χ1n) is 6.70. The van der Waals surface area contributed by atoms with Gasteiger partial charge in [-0.3, -0.25) is 4.90 Å². The Labute approximate surface area is 105 Å². The number of nitrogens with zero attached hydrogens (tertiary/aromatic N) is 2. The molecule has 0 amide bonds. The van der Waals surface area contributed by atoms with Crippen molar-refractivity contribution in [2.24, 2.45) is 0 Å². The molecule has 0 aromatic heterocycles. The number of ether oxygens (including phenoxy) is 1. The molecule has 2 saturated heterocycles. The Hall–Kier alpha value is -0.160. The Morgan fingerprint density at radius 2 is 2.18 bits per heavy atom. The summed E-state index contributed by atoms with van der Waals surface area (Å²) in [6, 6.07) is 0.243. The van der Waals surface area contributed by atoms with Crippen LogP contribution in [0.5, 0.6) is 0 Å². The fourth-order valence-corrected chi connectivity index (χ4v) is 3.33. The standard InChI is InChI=1S/C13H26N2O2/c1-13(2)10-14(3)7-11(9-16)15(13)8-12-5-4-6-17-12/h11-12,16H,4-10H2,1-3H3. The second-order valence-corrected chi connectivity index (χ2v) is 6.13. The van der Waals surface area contributed by atoms with Crippen LogP contribution in [-0.2, 0) is 4.74 Å². The Morgan fingerprint density at radius 1 is 1.41 bits per heavy atom. The van der Waals surface area contributed by atoms with Crippen LogP contribution in [-0.4, -0.2) is 72.5 Å². The number of aliphatic hydroxyl groups is 1. The predicted octanol–water partition coefficient (Wildman–Crippen LogP) is 0.552. The average molecular weight is 242 g/mol. The van der Waals surface area contributed by atoms with Gasteiger partial charge in [0, 0.05) is 37.8 Å². The number of rotatable bonds is 3. The van der Waals surface area contributed by atoms with Crippen molar-refractivity contribution in [3.05, 3.63) is 0 Å². The normalized spacial score (nSPS) is 35.3. The lowest BCUT2D eigenvalue weighted by Crippen LogP contribution is -2.65. The minimum Gasteiger partial charge on any atom is -0.395 e. The zero-order valence-corrected chi connectivity index (χ0v) is 11.4. The first-order chi connectivity index (χ1) is 8.03. The number of aliphatic hydroxyl groups excluding tert-OH is 1. The molecule has 100 valence electrons. The van der Waals surface area contributed by atoms with Crippen molar-refractivity contribution in [1.29, 1.82) is 0 Å². The van der Waals surface area contributed by atoms with Crippen molar-refractivity contribution < 1.29 is 9.84 Å². The van der Waals surface area contributed by atoms with Crippen LogP contribution in [0.1, 0.15) is 26.7 Å². The van der Waals surface area contributed by atoms with Gasteiger partial charge in [-0.15, -0.1) is 0 Å². The van der Waals surface area contributed by atoms with E-state index in [2.05, 4.69) is 30.7 Å². The van der Waals surface area contributed by atoms with E-state index in [4.69, 9.17) is 4.74 Å². The Bertz CT molecular complexity index is 252. The summed E-state index contributed by atoms with van der Waals surface area (Å²) in [5, 5.41) is 9.58. The maximum absolute atomic E-state index is 9.58. The van der Waals surface area contributed by atoms with Gasteiger partial charge in [-0.25, -0.2) is 0 Å². The third-order valence-electron chi connectivity index (χ3n) is 4.03. The molecule has 1 N–H and O–H groups in total. The summed E-state index contributed by atoms with van der Waals surface area (Å²) in [5.41, 5.74) is 0.117. The summed E-state index contributed by atoms with van der Waals surface area (Å²) in [6.07, 6.45) is 2.72. The third kappa shape index (κ3) is 2.99. The summed E-state index contributed by atoms with van der Waals surface area (Å²) in [6.45, 7) is 8.64. The highest BCUT2D eigenvalue weighted by Gasteiger charge is 2.39. The number of hydrogen-bond acceptors (Lipinski definition) is 4. The van der Waals surface area contributed by atoms with Gasteiger partial charge in [-0.05, 0) is 33.7 Å².